The van der Waals surface area contributed by atoms with Crippen molar-refractivity contribution in [2.75, 3.05) is 26.2 Å². The zero-order chi connectivity index (χ0) is 27.3. The molecule has 8 nitrogen and oxygen atoms in total. The number of halogens is 2. The molecule has 0 saturated heterocycles. The first-order chi connectivity index (χ1) is 17.5. The number of hydrogen-bond acceptors (Lipinski definition) is 7. The number of ether oxygens (including phenoxy) is 3. The molecule has 2 atom stereocenters. The van der Waals surface area contributed by atoms with E-state index in [0.717, 1.165) is 19.2 Å². The molecule has 2 aromatic rings. The van der Waals surface area contributed by atoms with Crippen LogP contribution in [0.15, 0.2) is 36.4 Å². The third-order valence-electron chi connectivity index (χ3n) is 6.33. The fourth-order valence-electron chi connectivity index (χ4n) is 4.17. The Morgan fingerprint density at radius 1 is 1.11 bits per heavy atom. The van der Waals surface area contributed by atoms with Gasteiger partial charge in [0, 0.05) is 23.2 Å². The number of carbonyl (C=O) groups is 3. The fourth-order valence-corrected chi connectivity index (χ4v) is 4.35. The van der Waals surface area contributed by atoms with Crippen molar-refractivity contribution in [1.82, 2.24) is 10.2 Å². The lowest BCUT2D eigenvalue weighted by molar-refractivity contribution is -0.0890. The van der Waals surface area contributed by atoms with E-state index in [-0.39, 0.29) is 23.0 Å². The van der Waals surface area contributed by atoms with Crippen LogP contribution in [0.1, 0.15) is 66.9 Å². The molecule has 0 unspecified atom stereocenters. The Hall–Kier alpha value is -3.17. The van der Waals surface area contributed by atoms with Gasteiger partial charge in [-0.2, -0.15) is 0 Å². The first-order valence-electron chi connectivity index (χ1n) is 12.1. The highest BCUT2D eigenvalue weighted by Gasteiger charge is 2.48. The van der Waals surface area contributed by atoms with Crippen molar-refractivity contribution in [3.63, 3.8) is 0 Å². The van der Waals surface area contributed by atoms with E-state index in [1.54, 1.807) is 32.0 Å². The standard InChI is InChI=1S/C27H32ClFN2O6/c1-6-31(7-2)12-13-35-26(34)36-24-23(30-25(33)18-8-10-21(29)20(28)15-18)19-14-17(16(3)32)9-11-22(19)37-27(24,4)5/h8-11,14-15,23-24H,6-7,12-13H2,1-5H3,(H,30,33)/t23-,24-/m0/s1. The van der Waals surface area contributed by atoms with E-state index in [4.69, 9.17) is 25.8 Å². The fraction of sp³-hybridized carbons (Fsp3) is 0.444. The third-order valence-corrected chi connectivity index (χ3v) is 6.62. The largest absolute Gasteiger partial charge is 0.508 e. The van der Waals surface area contributed by atoms with Crippen LogP contribution in [0.4, 0.5) is 9.18 Å². The number of likely N-dealkylation sites (N-methyl/N-ethyl adjacent to an activating group) is 1. The van der Waals surface area contributed by atoms with Crippen LogP contribution in [0, 0.1) is 5.82 Å². The highest BCUT2D eigenvalue weighted by Crippen LogP contribution is 2.42. The van der Waals surface area contributed by atoms with Crippen LogP contribution >= 0.6 is 11.6 Å². The molecular weight excluding hydrogens is 503 g/mol. The van der Waals surface area contributed by atoms with E-state index in [9.17, 15) is 18.8 Å². The van der Waals surface area contributed by atoms with Crippen LogP contribution in [0.3, 0.4) is 0 Å². The van der Waals surface area contributed by atoms with Crippen molar-refractivity contribution in [2.45, 2.75) is 52.4 Å². The third kappa shape index (κ3) is 6.78. The van der Waals surface area contributed by atoms with Gasteiger partial charge in [-0.15, -0.1) is 0 Å². The van der Waals surface area contributed by atoms with E-state index in [1.165, 1.54) is 19.1 Å². The summed E-state index contributed by atoms with van der Waals surface area (Å²) in [5.41, 5.74) is -0.122. The summed E-state index contributed by atoms with van der Waals surface area (Å²) in [4.78, 5) is 40.0. The molecule has 3 rings (SSSR count). The number of Topliss-reactive ketones (excluding diaryl/α,β-unsaturated/α-hetero) is 1. The van der Waals surface area contributed by atoms with E-state index in [1.807, 2.05) is 13.8 Å². The second-order valence-corrected chi connectivity index (χ2v) is 9.67. The summed E-state index contributed by atoms with van der Waals surface area (Å²) in [7, 11) is 0. The van der Waals surface area contributed by atoms with Crippen molar-refractivity contribution in [1.29, 1.82) is 0 Å². The maximum absolute atomic E-state index is 13.7. The number of nitrogens with zero attached hydrogens (tertiary/aromatic N) is 1. The van der Waals surface area contributed by atoms with Gasteiger partial charge in [0.05, 0.1) is 11.1 Å². The maximum atomic E-state index is 13.7. The molecule has 1 amide bonds. The molecule has 37 heavy (non-hydrogen) atoms. The number of carbonyl (C=O) groups excluding carboxylic acids is 3. The summed E-state index contributed by atoms with van der Waals surface area (Å²) in [5.74, 6) is -0.994. The molecule has 1 aliphatic heterocycles. The molecule has 1 aliphatic rings. The monoisotopic (exact) mass is 534 g/mol. The number of hydrogen-bond donors (Lipinski definition) is 1. The summed E-state index contributed by atoms with van der Waals surface area (Å²) >= 11 is 5.87. The summed E-state index contributed by atoms with van der Waals surface area (Å²) in [6.07, 6.45) is -1.94. The Labute approximate surface area is 221 Å². The van der Waals surface area contributed by atoms with Gasteiger partial charge in [-0.05, 0) is 70.3 Å². The van der Waals surface area contributed by atoms with Gasteiger partial charge in [0.25, 0.3) is 5.91 Å². The SMILES string of the molecule is CCN(CC)CCOC(=O)O[C@H]1[C@@H](NC(=O)c2ccc(F)c(Cl)c2)c2cc(C(C)=O)ccc2OC1(C)C. The van der Waals surface area contributed by atoms with Crippen LogP contribution in [-0.2, 0) is 9.47 Å². The van der Waals surface area contributed by atoms with Gasteiger partial charge in [0.2, 0.25) is 0 Å². The summed E-state index contributed by atoms with van der Waals surface area (Å²) in [6, 6.07) is 7.54. The van der Waals surface area contributed by atoms with Crippen LogP contribution in [0.25, 0.3) is 0 Å². The van der Waals surface area contributed by atoms with E-state index in [2.05, 4.69) is 10.2 Å². The molecule has 1 N–H and O–H groups in total. The first kappa shape index (κ1) is 28.4. The molecule has 0 aromatic heterocycles. The molecular formula is C27H32ClFN2O6. The highest BCUT2D eigenvalue weighted by molar-refractivity contribution is 6.31. The van der Waals surface area contributed by atoms with Crippen molar-refractivity contribution in [3.8, 4) is 5.75 Å². The number of amides is 1. The molecule has 0 saturated carbocycles. The second-order valence-electron chi connectivity index (χ2n) is 9.26. The number of ketones is 1. The Morgan fingerprint density at radius 3 is 2.41 bits per heavy atom. The Bertz CT molecular complexity index is 1170. The minimum atomic E-state index is -1.08. The lowest BCUT2D eigenvalue weighted by atomic mass is 9.85. The number of nitrogens with one attached hydrogen (secondary N) is 1. The quantitative estimate of drug-likeness (QED) is 0.349. The van der Waals surface area contributed by atoms with Gasteiger partial charge < -0.3 is 24.4 Å². The zero-order valence-electron chi connectivity index (χ0n) is 21.6. The van der Waals surface area contributed by atoms with Crippen LogP contribution in [0.5, 0.6) is 5.75 Å². The topological polar surface area (TPSA) is 94.2 Å². The summed E-state index contributed by atoms with van der Waals surface area (Å²) < 4.78 is 30.8. The van der Waals surface area contributed by atoms with E-state index in [0.29, 0.717) is 23.4 Å². The molecule has 0 bridgehead atoms. The van der Waals surface area contributed by atoms with Gasteiger partial charge in [-0.25, -0.2) is 9.18 Å². The van der Waals surface area contributed by atoms with Crippen molar-refractivity contribution < 1.29 is 33.0 Å². The highest BCUT2D eigenvalue weighted by atomic mass is 35.5. The van der Waals surface area contributed by atoms with E-state index < -0.39 is 35.6 Å². The molecule has 2 aromatic carbocycles. The lowest BCUT2D eigenvalue weighted by Crippen LogP contribution is -2.55. The molecule has 0 radical (unpaired) electrons. The average molecular weight is 535 g/mol. The minimum Gasteiger partial charge on any atom is -0.484 e. The van der Waals surface area contributed by atoms with Crippen LogP contribution < -0.4 is 10.1 Å². The van der Waals surface area contributed by atoms with Gasteiger partial charge >= 0.3 is 6.16 Å². The normalized spacial score (nSPS) is 17.9. The van der Waals surface area contributed by atoms with Gasteiger partial charge in [0.15, 0.2) is 11.9 Å². The van der Waals surface area contributed by atoms with E-state index >= 15 is 0 Å². The van der Waals surface area contributed by atoms with Crippen LogP contribution in [-0.4, -0.2) is 60.7 Å². The lowest BCUT2D eigenvalue weighted by Gasteiger charge is -2.44. The molecule has 0 spiro atoms. The smallest absolute Gasteiger partial charge is 0.484 e. The Kier molecular flexibility index (Phi) is 9.15. The minimum absolute atomic E-state index is 0.112. The number of rotatable bonds is 9. The predicted molar refractivity (Wildman–Crippen MR) is 137 cm³/mol. The summed E-state index contributed by atoms with van der Waals surface area (Å²) in [6.45, 7) is 11.2. The van der Waals surface area contributed by atoms with Gasteiger partial charge in [0.1, 0.15) is 23.8 Å². The van der Waals surface area contributed by atoms with Crippen molar-refractivity contribution in [2.24, 2.45) is 0 Å². The average Bonchev–Trinajstić information content (AvgIpc) is 2.85. The second kappa shape index (κ2) is 11.9. The van der Waals surface area contributed by atoms with Gasteiger partial charge in [-0.3, -0.25) is 9.59 Å². The number of fused-ring (bicyclic) bond motifs is 1. The Balaban J connectivity index is 1.92. The number of benzene rings is 2. The van der Waals surface area contributed by atoms with Gasteiger partial charge in [-0.1, -0.05) is 25.4 Å². The molecule has 1 heterocycles. The molecule has 10 heteroatoms. The van der Waals surface area contributed by atoms with Crippen molar-refractivity contribution >= 4 is 29.4 Å². The predicted octanol–water partition coefficient (Wildman–Crippen LogP) is 5.19. The maximum Gasteiger partial charge on any atom is 0.508 e. The molecule has 0 aliphatic carbocycles. The van der Waals surface area contributed by atoms with Crippen molar-refractivity contribution in [3.05, 3.63) is 63.9 Å². The molecule has 200 valence electrons. The molecule has 0 fully saturated rings. The van der Waals surface area contributed by atoms with Crippen LogP contribution in [0.2, 0.25) is 5.02 Å². The first-order valence-corrected chi connectivity index (χ1v) is 12.5. The zero-order valence-corrected chi connectivity index (χ0v) is 22.4. The Morgan fingerprint density at radius 2 is 1.78 bits per heavy atom. The summed E-state index contributed by atoms with van der Waals surface area (Å²) in [5, 5.41) is 2.65.